The van der Waals surface area contributed by atoms with Gasteiger partial charge in [0.15, 0.2) is 5.22 Å². The van der Waals surface area contributed by atoms with Crippen LogP contribution in [0.1, 0.15) is 17.4 Å². The summed E-state index contributed by atoms with van der Waals surface area (Å²) >= 11 is 17.6. The van der Waals surface area contributed by atoms with Gasteiger partial charge in [-0.1, -0.05) is 29.3 Å². The Hall–Kier alpha value is -0.710. The van der Waals surface area contributed by atoms with Crippen LogP contribution >= 0.6 is 34.8 Å². The van der Waals surface area contributed by atoms with Crippen molar-refractivity contribution < 1.29 is 4.42 Å². The molecule has 0 bridgehead atoms. The van der Waals surface area contributed by atoms with Crippen molar-refractivity contribution in [2.24, 2.45) is 5.84 Å². The largest absolute Gasteiger partial charge is 0.448 e. The van der Waals surface area contributed by atoms with Crippen LogP contribution in [0.2, 0.25) is 15.3 Å². The third-order valence-electron chi connectivity index (χ3n) is 2.56. The molecule has 0 radical (unpaired) electrons. The van der Waals surface area contributed by atoms with Crippen molar-refractivity contribution in [1.82, 2.24) is 5.43 Å². The van der Waals surface area contributed by atoms with Gasteiger partial charge in [-0.05, 0) is 47.9 Å². The van der Waals surface area contributed by atoms with Crippen molar-refractivity contribution in [2.75, 3.05) is 0 Å². The smallest absolute Gasteiger partial charge is 0.193 e. The summed E-state index contributed by atoms with van der Waals surface area (Å²) in [6, 6.07) is 8.74. The van der Waals surface area contributed by atoms with E-state index in [4.69, 9.17) is 45.1 Å². The molecular formula is C12H11Cl3N2O. The predicted molar refractivity (Wildman–Crippen MR) is 73.9 cm³/mol. The van der Waals surface area contributed by atoms with Gasteiger partial charge >= 0.3 is 0 Å². The molecule has 2 rings (SSSR count). The maximum absolute atomic E-state index is 5.96. The second kappa shape index (κ2) is 5.95. The Morgan fingerprint density at radius 2 is 1.89 bits per heavy atom. The molecular weight excluding hydrogens is 295 g/mol. The second-order valence-electron chi connectivity index (χ2n) is 3.81. The van der Waals surface area contributed by atoms with Gasteiger partial charge in [-0.15, -0.1) is 0 Å². The molecule has 3 nitrogen and oxygen atoms in total. The molecule has 0 spiro atoms. The number of hydrazine groups is 1. The molecule has 0 saturated heterocycles. The number of furan rings is 1. The average Bonchev–Trinajstić information content (AvgIpc) is 2.77. The Morgan fingerprint density at radius 1 is 1.11 bits per heavy atom. The van der Waals surface area contributed by atoms with Gasteiger partial charge in [-0.2, -0.15) is 0 Å². The van der Waals surface area contributed by atoms with Gasteiger partial charge in [0, 0.05) is 0 Å². The summed E-state index contributed by atoms with van der Waals surface area (Å²) in [7, 11) is 0. The molecule has 96 valence electrons. The van der Waals surface area contributed by atoms with Crippen LogP contribution in [0, 0.1) is 0 Å². The number of hydrogen-bond acceptors (Lipinski definition) is 3. The fourth-order valence-electron chi connectivity index (χ4n) is 1.66. The highest BCUT2D eigenvalue weighted by Gasteiger charge is 2.15. The minimum atomic E-state index is -0.172. The maximum atomic E-state index is 5.96. The second-order valence-corrected chi connectivity index (χ2v) is 5.00. The first-order valence-corrected chi connectivity index (χ1v) is 6.39. The molecule has 0 aliphatic carbocycles. The van der Waals surface area contributed by atoms with Crippen LogP contribution in [0.25, 0.3) is 0 Å². The van der Waals surface area contributed by atoms with Crippen molar-refractivity contribution in [1.29, 1.82) is 0 Å². The molecule has 1 heterocycles. The summed E-state index contributed by atoms with van der Waals surface area (Å²) < 4.78 is 5.33. The van der Waals surface area contributed by atoms with Crippen LogP contribution in [-0.4, -0.2) is 0 Å². The molecule has 0 aliphatic rings. The van der Waals surface area contributed by atoms with E-state index >= 15 is 0 Å². The minimum absolute atomic E-state index is 0.172. The van der Waals surface area contributed by atoms with Crippen LogP contribution in [0.3, 0.4) is 0 Å². The van der Waals surface area contributed by atoms with E-state index in [1.165, 1.54) is 0 Å². The van der Waals surface area contributed by atoms with Gasteiger partial charge in [0.2, 0.25) is 0 Å². The maximum Gasteiger partial charge on any atom is 0.193 e. The van der Waals surface area contributed by atoms with E-state index in [0.29, 0.717) is 27.4 Å². The SMILES string of the molecule is NNC(Cc1ccc(Cl)c(Cl)c1)c1ccc(Cl)o1. The Labute approximate surface area is 120 Å². The molecule has 0 aliphatic heterocycles. The summed E-state index contributed by atoms with van der Waals surface area (Å²) in [4.78, 5) is 0. The normalized spacial score (nSPS) is 12.7. The van der Waals surface area contributed by atoms with Crippen molar-refractivity contribution >= 4 is 34.8 Å². The van der Waals surface area contributed by atoms with E-state index in [1.54, 1.807) is 24.3 Å². The van der Waals surface area contributed by atoms with Crippen LogP contribution in [-0.2, 0) is 6.42 Å². The monoisotopic (exact) mass is 304 g/mol. The minimum Gasteiger partial charge on any atom is -0.448 e. The highest BCUT2D eigenvalue weighted by molar-refractivity contribution is 6.42. The van der Waals surface area contributed by atoms with Gasteiger partial charge in [-0.3, -0.25) is 5.84 Å². The quantitative estimate of drug-likeness (QED) is 0.663. The first-order chi connectivity index (χ1) is 8.60. The number of nitrogens with one attached hydrogen (secondary N) is 1. The zero-order valence-electron chi connectivity index (χ0n) is 9.29. The van der Waals surface area contributed by atoms with Crippen LogP contribution in [0.5, 0.6) is 0 Å². The van der Waals surface area contributed by atoms with Crippen molar-refractivity contribution in [2.45, 2.75) is 12.5 Å². The van der Waals surface area contributed by atoms with Gasteiger partial charge in [0.1, 0.15) is 5.76 Å². The topological polar surface area (TPSA) is 51.2 Å². The third kappa shape index (κ3) is 3.19. The fraction of sp³-hybridized carbons (Fsp3) is 0.167. The molecule has 1 aromatic heterocycles. The lowest BCUT2D eigenvalue weighted by molar-refractivity contribution is 0.417. The lowest BCUT2D eigenvalue weighted by Crippen LogP contribution is -2.29. The van der Waals surface area contributed by atoms with Crippen LogP contribution in [0.15, 0.2) is 34.7 Å². The zero-order valence-corrected chi connectivity index (χ0v) is 11.6. The lowest BCUT2D eigenvalue weighted by atomic mass is 10.0. The van der Waals surface area contributed by atoms with Crippen molar-refractivity contribution in [3.63, 3.8) is 0 Å². The molecule has 0 amide bonds. The van der Waals surface area contributed by atoms with E-state index in [2.05, 4.69) is 5.43 Å². The number of nitrogens with two attached hydrogens (primary N) is 1. The van der Waals surface area contributed by atoms with E-state index in [0.717, 1.165) is 5.56 Å². The lowest BCUT2D eigenvalue weighted by Gasteiger charge is -2.13. The fourth-order valence-corrected chi connectivity index (χ4v) is 2.13. The highest BCUT2D eigenvalue weighted by atomic mass is 35.5. The summed E-state index contributed by atoms with van der Waals surface area (Å²) in [6.07, 6.45) is 0.622. The van der Waals surface area contributed by atoms with E-state index in [-0.39, 0.29) is 6.04 Å². The molecule has 6 heteroatoms. The number of rotatable bonds is 4. The molecule has 0 fully saturated rings. The molecule has 2 aromatic rings. The molecule has 1 atom stereocenters. The Balaban J connectivity index is 2.17. The number of halogens is 3. The van der Waals surface area contributed by atoms with E-state index < -0.39 is 0 Å². The summed E-state index contributed by atoms with van der Waals surface area (Å²) in [5.41, 5.74) is 3.69. The predicted octanol–water partition coefficient (Wildman–Crippen LogP) is 3.99. The van der Waals surface area contributed by atoms with Gasteiger partial charge < -0.3 is 4.42 Å². The van der Waals surface area contributed by atoms with E-state index in [9.17, 15) is 0 Å². The highest BCUT2D eigenvalue weighted by Crippen LogP contribution is 2.26. The summed E-state index contributed by atoms with van der Waals surface area (Å²) in [6.45, 7) is 0. The first kappa shape index (κ1) is 13.7. The molecule has 3 N–H and O–H groups in total. The molecule has 1 unspecified atom stereocenters. The molecule has 0 saturated carbocycles. The number of hydrogen-bond donors (Lipinski definition) is 2. The third-order valence-corrected chi connectivity index (χ3v) is 3.50. The number of benzene rings is 1. The Bertz CT molecular complexity index is 542. The standard InChI is InChI=1S/C12H11Cl3N2O/c13-8-2-1-7(5-9(8)14)6-10(17-16)11-3-4-12(15)18-11/h1-5,10,17H,6,16H2. The summed E-state index contributed by atoms with van der Waals surface area (Å²) in [5.74, 6) is 6.19. The molecule has 18 heavy (non-hydrogen) atoms. The summed E-state index contributed by atoms with van der Waals surface area (Å²) in [5, 5.41) is 1.38. The Morgan fingerprint density at radius 3 is 2.44 bits per heavy atom. The van der Waals surface area contributed by atoms with Gasteiger partial charge in [0.05, 0.1) is 16.1 Å². The van der Waals surface area contributed by atoms with Crippen molar-refractivity contribution in [3.8, 4) is 0 Å². The van der Waals surface area contributed by atoms with Crippen LogP contribution in [0.4, 0.5) is 0 Å². The van der Waals surface area contributed by atoms with Crippen LogP contribution < -0.4 is 11.3 Å². The first-order valence-electron chi connectivity index (χ1n) is 5.25. The van der Waals surface area contributed by atoms with Crippen molar-refractivity contribution in [3.05, 3.63) is 56.9 Å². The zero-order chi connectivity index (χ0) is 13.1. The average molecular weight is 306 g/mol. The van der Waals surface area contributed by atoms with Gasteiger partial charge in [-0.25, -0.2) is 5.43 Å². The van der Waals surface area contributed by atoms with Gasteiger partial charge in [0.25, 0.3) is 0 Å². The Kier molecular flexibility index (Phi) is 4.54. The van der Waals surface area contributed by atoms with E-state index in [1.807, 2.05) is 6.07 Å². The molecule has 1 aromatic carbocycles.